The van der Waals surface area contributed by atoms with E-state index in [1.807, 2.05) is 18.2 Å². The fraction of sp³-hybridized carbons (Fsp3) is 0.562. The van der Waals surface area contributed by atoms with E-state index in [4.69, 9.17) is 0 Å². The van der Waals surface area contributed by atoms with Gasteiger partial charge in [0.15, 0.2) is 0 Å². The van der Waals surface area contributed by atoms with Crippen LogP contribution in [-0.2, 0) is 4.79 Å². The lowest BCUT2D eigenvalue weighted by Gasteiger charge is -2.26. The molecular formula is C16H23N3OS. The summed E-state index contributed by atoms with van der Waals surface area (Å²) in [5, 5.41) is 3.07. The van der Waals surface area contributed by atoms with Crippen LogP contribution in [0.5, 0.6) is 0 Å². The highest BCUT2D eigenvalue weighted by Crippen LogP contribution is 2.30. The van der Waals surface area contributed by atoms with Gasteiger partial charge >= 0.3 is 0 Å². The van der Waals surface area contributed by atoms with E-state index in [1.165, 1.54) is 24.2 Å². The van der Waals surface area contributed by atoms with Crippen LogP contribution >= 0.6 is 11.8 Å². The predicted molar refractivity (Wildman–Crippen MR) is 86.0 cm³/mol. The average Bonchev–Trinajstić information content (AvgIpc) is 2.96. The number of hydrazine groups is 1. The molecule has 1 aromatic rings. The summed E-state index contributed by atoms with van der Waals surface area (Å²) < 4.78 is 0. The minimum Gasteiger partial charge on any atom is -0.354 e. The maximum Gasteiger partial charge on any atom is 0.238 e. The summed E-state index contributed by atoms with van der Waals surface area (Å²) in [5.41, 5.74) is 6.48. The summed E-state index contributed by atoms with van der Waals surface area (Å²) >= 11 is 1.78. The first-order chi connectivity index (χ1) is 10.3. The van der Waals surface area contributed by atoms with Crippen molar-refractivity contribution >= 4 is 17.7 Å². The van der Waals surface area contributed by atoms with E-state index in [0.29, 0.717) is 18.5 Å². The third-order valence-corrected chi connectivity index (χ3v) is 5.38. The molecule has 0 spiro atoms. The molecule has 0 aromatic heterocycles. The predicted octanol–water partition coefficient (Wildman–Crippen LogP) is 1.93. The monoisotopic (exact) mass is 305 g/mol. The third kappa shape index (κ3) is 3.78. The lowest BCUT2D eigenvalue weighted by Crippen LogP contribution is -2.46. The molecular weight excluding hydrogens is 282 g/mol. The van der Waals surface area contributed by atoms with Gasteiger partial charge in [0.25, 0.3) is 0 Å². The number of hydrogen-bond acceptors (Lipinski definition) is 4. The van der Waals surface area contributed by atoms with E-state index in [1.54, 1.807) is 11.8 Å². The number of fused-ring (bicyclic) bond motifs is 1. The number of carbonyl (C=O) groups is 1. The second-order valence-corrected chi connectivity index (χ2v) is 6.94. The molecule has 1 saturated heterocycles. The molecule has 0 radical (unpaired) electrons. The number of amides is 1. The van der Waals surface area contributed by atoms with Crippen LogP contribution in [0.3, 0.4) is 0 Å². The van der Waals surface area contributed by atoms with E-state index in [-0.39, 0.29) is 11.9 Å². The van der Waals surface area contributed by atoms with E-state index < -0.39 is 0 Å². The maximum atomic E-state index is 12.3. The summed E-state index contributed by atoms with van der Waals surface area (Å²) in [6.07, 6.45) is 4.86. The number of nitrogens with one attached hydrogen (secondary N) is 3. The molecule has 3 N–H and O–H groups in total. The fourth-order valence-corrected chi connectivity index (χ4v) is 4.06. The van der Waals surface area contributed by atoms with Crippen molar-refractivity contribution in [3.05, 3.63) is 30.3 Å². The first-order valence-electron chi connectivity index (χ1n) is 7.81. The van der Waals surface area contributed by atoms with Gasteiger partial charge in [0.2, 0.25) is 5.91 Å². The number of carbonyl (C=O) groups excluding carboxylic acids is 1. The Labute approximate surface area is 130 Å². The Morgan fingerprint density at radius 3 is 2.86 bits per heavy atom. The number of hydrogen-bond donors (Lipinski definition) is 3. The van der Waals surface area contributed by atoms with Crippen LogP contribution in [0.25, 0.3) is 0 Å². The summed E-state index contributed by atoms with van der Waals surface area (Å²) in [5.74, 6) is 1.51. The molecule has 1 saturated carbocycles. The molecule has 2 fully saturated rings. The molecule has 1 aliphatic carbocycles. The summed E-state index contributed by atoms with van der Waals surface area (Å²) in [6, 6.07) is 10.7. The highest BCUT2D eigenvalue weighted by molar-refractivity contribution is 7.99. The van der Waals surface area contributed by atoms with Crippen molar-refractivity contribution in [2.75, 3.05) is 12.3 Å². The van der Waals surface area contributed by atoms with Gasteiger partial charge in [-0.25, -0.2) is 5.43 Å². The Bertz CT molecular complexity index is 468. The van der Waals surface area contributed by atoms with Crippen LogP contribution in [0.15, 0.2) is 35.2 Å². The van der Waals surface area contributed by atoms with Gasteiger partial charge in [0, 0.05) is 29.2 Å². The van der Waals surface area contributed by atoms with Crippen LogP contribution in [0.4, 0.5) is 0 Å². The van der Waals surface area contributed by atoms with Crippen molar-refractivity contribution in [1.82, 2.24) is 16.2 Å². The zero-order valence-corrected chi connectivity index (χ0v) is 13.0. The molecule has 0 bridgehead atoms. The van der Waals surface area contributed by atoms with Crippen molar-refractivity contribution in [1.29, 1.82) is 0 Å². The minimum absolute atomic E-state index is 0.0583. The van der Waals surface area contributed by atoms with Gasteiger partial charge in [-0.15, -0.1) is 11.8 Å². The van der Waals surface area contributed by atoms with Gasteiger partial charge in [0.05, 0.1) is 0 Å². The Hall–Kier alpha value is -1.04. The molecule has 1 aliphatic heterocycles. The molecule has 1 amide bonds. The zero-order valence-electron chi connectivity index (χ0n) is 12.2. The van der Waals surface area contributed by atoms with Crippen LogP contribution in [-0.4, -0.2) is 30.3 Å². The fourth-order valence-electron chi connectivity index (χ4n) is 3.27. The van der Waals surface area contributed by atoms with Crippen LogP contribution < -0.4 is 16.2 Å². The average molecular weight is 305 g/mol. The normalized spacial score (nSPS) is 28.1. The van der Waals surface area contributed by atoms with Gasteiger partial charge in [-0.1, -0.05) is 31.0 Å². The van der Waals surface area contributed by atoms with Crippen molar-refractivity contribution in [3.8, 4) is 0 Å². The molecule has 3 unspecified atom stereocenters. The SMILES string of the molecule is O=C(NCCSc1ccccc1)C1NNC2CCCCC21. The standard InChI is InChI=1S/C16H23N3OS/c20-16(15-13-8-4-5-9-14(13)18-19-15)17-10-11-21-12-6-2-1-3-7-12/h1-3,6-7,13-15,18-19H,4-5,8-11H2,(H,17,20). The molecule has 1 heterocycles. The van der Waals surface area contributed by atoms with Crippen LogP contribution in [0.1, 0.15) is 25.7 Å². The second-order valence-electron chi connectivity index (χ2n) is 5.77. The molecule has 3 rings (SSSR count). The molecule has 114 valence electrons. The Morgan fingerprint density at radius 1 is 1.19 bits per heavy atom. The zero-order chi connectivity index (χ0) is 14.5. The lowest BCUT2D eigenvalue weighted by molar-refractivity contribution is -0.123. The van der Waals surface area contributed by atoms with Crippen molar-refractivity contribution in [2.24, 2.45) is 5.92 Å². The highest BCUT2D eigenvalue weighted by Gasteiger charge is 2.40. The van der Waals surface area contributed by atoms with Crippen molar-refractivity contribution < 1.29 is 4.79 Å². The molecule has 5 heteroatoms. The van der Waals surface area contributed by atoms with Gasteiger partial charge in [-0.3, -0.25) is 10.2 Å². The van der Waals surface area contributed by atoms with E-state index in [9.17, 15) is 4.79 Å². The van der Waals surface area contributed by atoms with Crippen molar-refractivity contribution in [2.45, 2.75) is 42.7 Å². The summed E-state index contributed by atoms with van der Waals surface area (Å²) in [4.78, 5) is 13.5. The van der Waals surface area contributed by atoms with E-state index in [2.05, 4.69) is 28.3 Å². The van der Waals surface area contributed by atoms with Gasteiger partial charge in [-0.2, -0.15) is 0 Å². The minimum atomic E-state index is -0.0583. The number of rotatable bonds is 5. The van der Waals surface area contributed by atoms with Crippen molar-refractivity contribution in [3.63, 3.8) is 0 Å². The first-order valence-corrected chi connectivity index (χ1v) is 8.80. The van der Waals surface area contributed by atoms with Gasteiger partial charge in [-0.05, 0) is 25.0 Å². The van der Waals surface area contributed by atoms with Gasteiger partial charge < -0.3 is 5.32 Å². The van der Waals surface area contributed by atoms with E-state index >= 15 is 0 Å². The molecule has 2 aliphatic rings. The second kappa shape index (κ2) is 7.29. The first kappa shape index (κ1) is 14.9. The number of benzene rings is 1. The van der Waals surface area contributed by atoms with Gasteiger partial charge in [0.1, 0.15) is 6.04 Å². The Balaban J connectivity index is 1.40. The topological polar surface area (TPSA) is 53.2 Å². The van der Waals surface area contributed by atoms with Crippen LogP contribution in [0.2, 0.25) is 0 Å². The Kier molecular flexibility index (Phi) is 5.17. The maximum absolute atomic E-state index is 12.3. The third-order valence-electron chi connectivity index (χ3n) is 4.37. The van der Waals surface area contributed by atoms with E-state index in [0.717, 1.165) is 12.2 Å². The lowest BCUT2D eigenvalue weighted by atomic mass is 9.81. The number of thioether (sulfide) groups is 1. The quantitative estimate of drug-likeness (QED) is 0.575. The summed E-state index contributed by atoms with van der Waals surface area (Å²) in [6.45, 7) is 0.716. The molecule has 21 heavy (non-hydrogen) atoms. The molecule has 4 nitrogen and oxygen atoms in total. The largest absolute Gasteiger partial charge is 0.354 e. The van der Waals surface area contributed by atoms with Crippen LogP contribution in [0, 0.1) is 5.92 Å². The molecule has 1 aromatic carbocycles. The smallest absolute Gasteiger partial charge is 0.238 e. The molecule has 3 atom stereocenters. The summed E-state index contributed by atoms with van der Waals surface area (Å²) in [7, 11) is 0. The highest BCUT2D eigenvalue weighted by atomic mass is 32.2. The Morgan fingerprint density at radius 2 is 2.00 bits per heavy atom.